The fourth-order valence-corrected chi connectivity index (χ4v) is 2.09. The summed E-state index contributed by atoms with van der Waals surface area (Å²) in [7, 11) is 1.63. The lowest BCUT2D eigenvalue weighted by molar-refractivity contribution is 0.0953. The van der Waals surface area contributed by atoms with Crippen LogP contribution in [-0.4, -0.2) is 37.7 Å². The van der Waals surface area contributed by atoms with E-state index in [1.807, 2.05) is 6.92 Å². The highest BCUT2D eigenvalue weighted by Gasteiger charge is 2.15. The number of amides is 1. The SMILES string of the molecule is CCNc1nc(N)c(C(=O)NCCCOC)s1. The first-order valence-electron chi connectivity index (χ1n) is 5.46. The van der Waals surface area contributed by atoms with E-state index in [9.17, 15) is 4.79 Å². The second-order valence-electron chi connectivity index (χ2n) is 3.37. The van der Waals surface area contributed by atoms with Gasteiger partial charge in [0.05, 0.1) is 0 Å². The molecular formula is C10H18N4O2S. The van der Waals surface area contributed by atoms with Crippen LogP contribution in [0.3, 0.4) is 0 Å². The number of methoxy groups -OCH3 is 1. The highest BCUT2D eigenvalue weighted by molar-refractivity contribution is 7.18. The van der Waals surface area contributed by atoms with Crippen molar-refractivity contribution in [2.24, 2.45) is 0 Å². The molecule has 0 aliphatic rings. The summed E-state index contributed by atoms with van der Waals surface area (Å²) in [6, 6.07) is 0. The maximum absolute atomic E-state index is 11.8. The van der Waals surface area contributed by atoms with Crippen molar-refractivity contribution in [1.29, 1.82) is 0 Å². The van der Waals surface area contributed by atoms with Crippen molar-refractivity contribution in [2.45, 2.75) is 13.3 Å². The zero-order chi connectivity index (χ0) is 12.7. The van der Waals surface area contributed by atoms with Gasteiger partial charge in [-0.15, -0.1) is 0 Å². The van der Waals surface area contributed by atoms with Crippen LogP contribution in [0.1, 0.15) is 23.0 Å². The topological polar surface area (TPSA) is 89.3 Å². The van der Waals surface area contributed by atoms with Gasteiger partial charge < -0.3 is 21.1 Å². The van der Waals surface area contributed by atoms with E-state index in [2.05, 4.69) is 15.6 Å². The number of carbonyl (C=O) groups excluding carboxylic acids is 1. The van der Waals surface area contributed by atoms with Crippen molar-refractivity contribution in [2.75, 3.05) is 37.9 Å². The van der Waals surface area contributed by atoms with Gasteiger partial charge in [0.1, 0.15) is 10.7 Å². The zero-order valence-corrected chi connectivity index (χ0v) is 10.9. The summed E-state index contributed by atoms with van der Waals surface area (Å²) >= 11 is 1.27. The molecule has 0 unspecified atom stereocenters. The molecule has 1 heterocycles. The molecule has 0 aliphatic heterocycles. The van der Waals surface area contributed by atoms with Gasteiger partial charge in [0.25, 0.3) is 5.91 Å². The number of aromatic nitrogens is 1. The second-order valence-corrected chi connectivity index (χ2v) is 4.37. The molecule has 0 radical (unpaired) electrons. The molecule has 0 aliphatic carbocycles. The van der Waals surface area contributed by atoms with E-state index in [-0.39, 0.29) is 11.7 Å². The number of hydrogen-bond acceptors (Lipinski definition) is 6. The maximum Gasteiger partial charge on any atom is 0.265 e. The molecule has 6 nitrogen and oxygen atoms in total. The van der Waals surface area contributed by atoms with Crippen molar-refractivity contribution >= 4 is 28.2 Å². The van der Waals surface area contributed by atoms with E-state index in [4.69, 9.17) is 10.5 Å². The molecule has 1 aromatic heterocycles. The Balaban J connectivity index is 2.50. The molecule has 1 rings (SSSR count). The Morgan fingerprint density at radius 1 is 1.59 bits per heavy atom. The number of nitrogen functional groups attached to an aromatic ring is 1. The van der Waals surface area contributed by atoms with Crippen LogP contribution in [-0.2, 0) is 4.74 Å². The van der Waals surface area contributed by atoms with Gasteiger partial charge in [-0.25, -0.2) is 4.98 Å². The van der Waals surface area contributed by atoms with Crippen molar-refractivity contribution in [1.82, 2.24) is 10.3 Å². The molecule has 0 saturated carbocycles. The molecule has 0 spiro atoms. The quantitative estimate of drug-likeness (QED) is 0.633. The van der Waals surface area contributed by atoms with E-state index in [1.54, 1.807) is 7.11 Å². The summed E-state index contributed by atoms with van der Waals surface area (Å²) in [5.74, 6) is 0.0930. The number of ether oxygens (including phenoxy) is 1. The number of rotatable bonds is 7. The largest absolute Gasteiger partial charge is 0.385 e. The number of nitrogens with two attached hydrogens (primary N) is 1. The van der Waals surface area contributed by atoms with Gasteiger partial charge >= 0.3 is 0 Å². The molecule has 0 aromatic carbocycles. The maximum atomic E-state index is 11.8. The highest BCUT2D eigenvalue weighted by Crippen LogP contribution is 2.24. The summed E-state index contributed by atoms with van der Waals surface area (Å²) in [4.78, 5) is 16.3. The molecule has 1 aromatic rings. The Morgan fingerprint density at radius 3 is 3.00 bits per heavy atom. The van der Waals surface area contributed by atoms with Crippen molar-refractivity contribution in [3.8, 4) is 0 Å². The molecule has 0 fully saturated rings. The number of thiazole rings is 1. The van der Waals surface area contributed by atoms with Crippen LogP contribution >= 0.6 is 11.3 Å². The Hall–Kier alpha value is -1.34. The van der Waals surface area contributed by atoms with Gasteiger partial charge in [-0.1, -0.05) is 11.3 Å². The Morgan fingerprint density at radius 2 is 2.35 bits per heavy atom. The zero-order valence-electron chi connectivity index (χ0n) is 10.1. The molecule has 0 bridgehead atoms. The second kappa shape index (κ2) is 7.08. The van der Waals surface area contributed by atoms with E-state index in [1.165, 1.54) is 11.3 Å². The predicted molar refractivity (Wildman–Crippen MR) is 69.5 cm³/mol. The number of nitrogens with zero attached hydrogens (tertiary/aromatic N) is 1. The minimum absolute atomic E-state index is 0.180. The van der Waals surface area contributed by atoms with Crippen LogP contribution in [0.15, 0.2) is 0 Å². The fraction of sp³-hybridized carbons (Fsp3) is 0.600. The molecular weight excluding hydrogens is 240 g/mol. The standard InChI is InChI=1S/C10H18N4O2S/c1-3-12-10-14-8(11)7(17-10)9(15)13-5-4-6-16-2/h3-6,11H2,1-2H3,(H,12,14)(H,13,15). The molecule has 0 saturated heterocycles. The number of anilines is 2. The van der Waals surface area contributed by atoms with Crippen LogP contribution < -0.4 is 16.4 Å². The van der Waals surface area contributed by atoms with Crippen LogP contribution in [0.25, 0.3) is 0 Å². The third-order valence-corrected chi connectivity index (χ3v) is 3.03. The summed E-state index contributed by atoms with van der Waals surface area (Å²) < 4.78 is 4.89. The van der Waals surface area contributed by atoms with Gasteiger partial charge in [0.2, 0.25) is 0 Å². The summed E-state index contributed by atoms with van der Waals surface area (Å²) in [5, 5.41) is 6.47. The van der Waals surface area contributed by atoms with Gasteiger partial charge in [-0.2, -0.15) is 0 Å². The van der Waals surface area contributed by atoms with E-state index < -0.39 is 0 Å². The highest BCUT2D eigenvalue weighted by atomic mass is 32.1. The minimum Gasteiger partial charge on any atom is -0.385 e. The van der Waals surface area contributed by atoms with Crippen molar-refractivity contribution in [3.05, 3.63) is 4.88 Å². The third kappa shape index (κ3) is 4.20. The molecule has 4 N–H and O–H groups in total. The summed E-state index contributed by atoms with van der Waals surface area (Å²) in [6.07, 6.45) is 0.779. The lowest BCUT2D eigenvalue weighted by atomic mass is 10.4. The molecule has 7 heteroatoms. The van der Waals surface area contributed by atoms with Crippen LogP contribution in [0.4, 0.5) is 10.9 Å². The lowest BCUT2D eigenvalue weighted by Gasteiger charge is -2.02. The Labute approximate surface area is 105 Å². The van der Waals surface area contributed by atoms with Crippen LogP contribution in [0.5, 0.6) is 0 Å². The van der Waals surface area contributed by atoms with E-state index >= 15 is 0 Å². The first-order valence-corrected chi connectivity index (χ1v) is 6.28. The Kier molecular flexibility index (Phi) is 5.71. The first kappa shape index (κ1) is 13.7. The molecule has 96 valence electrons. The van der Waals surface area contributed by atoms with Gasteiger partial charge in [0.15, 0.2) is 5.13 Å². The number of carbonyl (C=O) groups is 1. The smallest absolute Gasteiger partial charge is 0.265 e. The average Bonchev–Trinajstić information content (AvgIpc) is 2.66. The van der Waals surface area contributed by atoms with Gasteiger partial charge in [-0.05, 0) is 13.3 Å². The molecule has 1 amide bonds. The first-order chi connectivity index (χ1) is 8.19. The monoisotopic (exact) mass is 258 g/mol. The lowest BCUT2D eigenvalue weighted by Crippen LogP contribution is -2.25. The number of nitrogens with one attached hydrogen (secondary N) is 2. The fourth-order valence-electron chi connectivity index (χ4n) is 1.22. The van der Waals surface area contributed by atoms with Crippen LogP contribution in [0.2, 0.25) is 0 Å². The average molecular weight is 258 g/mol. The van der Waals surface area contributed by atoms with Crippen LogP contribution in [0, 0.1) is 0 Å². The minimum atomic E-state index is -0.180. The van der Waals surface area contributed by atoms with Crippen molar-refractivity contribution < 1.29 is 9.53 Å². The van der Waals surface area contributed by atoms with Gasteiger partial charge in [-0.3, -0.25) is 4.79 Å². The van der Waals surface area contributed by atoms with Gasteiger partial charge in [0, 0.05) is 26.8 Å². The summed E-state index contributed by atoms with van der Waals surface area (Å²) in [5.41, 5.74) is 5.68. The normalized spacial score (nSPS) is 10.2. The van der Waals surface area contributed by atoms with E-state index in [0.29, 0.717) is 23.2 Å². The predicted octanol–water partition coefficient (Wildman–Crippen LogP) is 0.923. The van der Waals surface area contributed by atoms with Crippen molar-refractivity contribution in [3.63, 3.8) is 0 Å². The molecule has 0 atom stereocenters. The Bertz CT molecular complexity index is 367. The summed E-state index contributed by atoms with van der Waals surface area (Å²) in [6.45, 7) is 3.91. The number of hydrogen-bond donors (Lipinski definition) is 3. The third-order valence-electron chi connectivity index (χ3n) is 2.00. The molecule has 17 heavy (non-hydrogen) atoms. The van der Waals surface area contributed by atoms with E-state index in [0.717, 1.165) is 13.0 Å².